The van der Waals surface area contributed by atoms with E-state index in [4.69, 9.17) is 4.74 Å². The zero-order valence-electron chi connectivity index (χ0n) is 14.7. The summed E-state index contributed by atoms with van der Waals surface area (Å²) in [5.74, 6) is -0.0549. The molecule has 3 rings (SSSR count). The lowest BCUT2D eigenvalue weighted by Crippen LogP contribution is -2.48. The maximum Gasteiger partial charge on any atom is 0.251 e. The largest absolute Gasteiger partial charge is 0.366 e. The molecular formula is C20H26N2O2S. The number of amides is 1. The van der Waals surface area contributed by atoms with Crippen LogP contribution >= 0.6 is 11.3 Å². The number of benzene rings is 1. The van der Waals surface area contributed by atoms with Crippen molar-refractivity contribution in [3.8, 4) is 0 Å². The average Bonchev–Trinajstić information content (AvgIpc) is 3.20. The van der Waals surface area contributed by atoms with Crippen molar-refractivity contribution in [2.24, 2.45) is 0 Å². The summed E-state index contributed by atoms with van der Waals surface area (Å²) in [4.78, 5) is 13.8. The van der Waals surface area contributed by atoms with E-state index in [1.54, 1.807) is 11.3 Å². The first-order valence-electron chi connectivity index (χ1n) is 9.03. The Morgan fingerprint density at radius 1 is 1.36 bits per heavy atom. The van der Waals surface area contributed by atoms with Crippen molar-refractivity contribution in [2.75, 3.05) is 19.7 Å². The van der Waals surface area contributed by atoms with E-state index in [-0.39, 0.29) is 11.9 Å². The number of morpholine rings is 1. The van der Waals surface area contributed by atoms with Gasteiger partial charge in [0, 0.05) is 18.0 Å². The van der Waals surface area contributed by atoms with Gasteiger partial charge in [-0.3, -0.25) is 4.79 Å². The molecule has 0 spiro atoms. The maximum absolute atomic E-state index is 12.6. The van der Waals surface area contributed by atoms with Crippen LogP contribution in [0.25, 0.3) is 0 Å². The number of hydrogen-bond acceptors (Lipinski definition) is 4. The van der Waals surface area contributed by atoms with Gasteiger partial charge in [0.1, 0.15) is 6.10 Å². The van der Waals surface area contributed by atoms with Crippen LogP contribution in [0.4, 0.5) is 0 Å². The summed E-state index contributed by atoms with van der Waals surface area (Å²) >= 11 is 1.66. The first-order valence-corrected chi connectivity index (χ1v) is 9.91. The Morgan fingerprint density at radius 2 is 2.20 bits per heavy atom. The molecule has 1 aliphatic heterocycles. The van der Waals surface area contributed by atoms with Crippen molar-refractivity contribution >= 4 is 17.2 Å². The van der Waals surface area contributed by atoms with Gasteiger partial charge < -0.3 is 15.4 Å². The third kappa shape index (κ3) is 4.91. The number of aryl methyl sites for hydroxylation is 1. The number of unbranched alkanes of at least 4 members (excludes halogenated alkanes) is 1. The molecule has 1 aromatic heterocycles. The topological polar surface area (TPSA) is 50.4 Å². The molecule has 2 aromatic rings. The number of rotatable bonds is 7. The first-order chi connectivity index (χ1) is 12.3. The van der Waals surface area contributed by atoms with Gasteiger partial charge in [-0.15, -0.1) is 11.3 Å². The van der Waals surface area contributed by atoms with Gasteiger partial charge >= 0.3 is 0 Å². The van der Waals surface area contributed by atoms with Crippen molar-refractivity contribution in [3.05, 3.63) is 57.8 Å². The molecule has 0 aliphatic carbocycles. The summed E-state index contributed by atoms with van der Waals surface area (Å²) in [5, 5.41) is 8.43. The zero-order valence-corrected chi connectivity index (χ0v) is 15.5. The molecule has 4 nitrogen and oxygen atoms in total. The predicted molar refractivity (Wildman–Crippen MR) is 102 cm³/mol. The molecule has 0 bridgehead atoms. The highest BCUT2D eigenvalue weighted by Crippen LogP contribution is 2.27. The van der Waals surface area contributed by atoms with Gasteiger partial charge in [-0.05, 0) is 35.4 Å². The van der Waals surface area contributed by atoms with E-state index in [2.05, 4.69) is 47.9 Å². The fourth-order valence-corrected chi connectivity index (χ4v) is 3.80. The van der Waals surface area contributed by atoms with Crippen LogP contribution in [0.1, 0.15) is 41.8 Å². The summed E-state index contributed by atoms with van der Waals surface area (Å²) < 4.78 is 5.59. The second-order valence-corrected chi connectivity index (χ2v) is 7.34. The van der Waals surface area contributed by atoms with Crippen LogP contribution in [-0.2, 0) is 16.0 Å². The lowest BCUT2D eigenvalue weighted by Gasteiger charge is -2.26. The molecule has 0 radical (unpaired) electrons. The summed E-state index contributed by atoms with van der Waals surface area (Å²) in [6.45, 7) is 4.16. The summed E-state index contributed by atoms with van der Waals surface area (Å²) in [5.41, 5.74) is 2.46. The Labute approximate surface area is 153 Å². The molecular weight excluding hydrogens is 332 g/mol. The molecule has 0 saturated carbocycles. The van der Waals surface area contributed by atoms with Gasteiger partial charge in [-0.25, -0.2) is 0 Å². The van der Waals surface area contributed by atoms with Crippen LogP contribution in [0.2, 0.25) is 0 Å². The van der Waals surface area contributed by atoms with E-state index in [0.717, 1.165) is 23.4 Å². The van der Waals surface area contributed by atoms with Crippen molar-refractivity contribution < 1.29 is 9.53 Å². The smallest absolute Gasteiger partial charge is 0.251 e. The summed E-state index contributed by atoms with van der Waals surface area (Å²) in [6.07, 6.45) is 3.09. The second kappa shape index (κ2) is 9.13. The minimum atomic E-state index is -0.417. The Kier molecular flexibility index (Phi) is 6.62. The molecule has 25 heavy (non-hydrogen) atoms. The number of ether oxygens (including phenoxy) is 1. The molecule has 2 N–H and O–H groups in total. The van der Waals surface area contributed by atoms with Gasteiger partial charge in [0.05, 0.1) is 12.6 Å². The minimum absolute atomic E-state index is 0.0549. The maximum atomic E-state index is 12.6. The Hall–Kier alpha value is -1.69. The molecule has 2 heterocycles. The number of thiophene rings is 1. The SMILES string of the molecule is CCCCc1ccc(C(NC(=O)C2CNCCO2)c2cccs2)cc1. The quantitative estimate of drug-likeness (QED) is 0.799. The highest BCUT2D eigenvalue weighted by Gasteiger charge is 2.26. The summed E-state index contributed by atoms with van der Waals surface area (Å²) in [7, 11) is 0. The number of carbonyl (C=O) groups is 1. The molecule has 1 aromatic carbocycles. The van der Waals surface area contributed by atoms with Crippen LogP contribution in [0.3, 0.4) is 0 Å². The van der Waals surface area contributed by atoms with E-state index in [1.807, 2.05) is 11.4 Å². The lowest BCUT2D eigenvalue weighted by atomic mass is 10.0. The summed E-state index contributed by atoms with van der Waals surface area (Å²) in [6, 6.07) is 12.6. The molecule has 2 unspecified atom stereocenters. The van der Waals surface area contributed by atoms with Crippen molar-refractivity contribution in [1.29, 1.82) is 0 Å². The molecule has 134 valence electrons. The van der Waals surface area contributed by atoms with Crippen molar-refractivity contribution in [1.82, 2.24) is 10.6 Å². The molecule has 1 fully saturated rings. The van der Waals surface area contributed by atoms with E-state index in [0.29, 0.717) is 13.2 Å². The molecule has 2 atom stereocenters. The fourth-order valence-electron chi connectivity index (χ4n) is 3.00. The monoisotopic (exact) mass is 358 g/mol. The van der Waals surface area contributed by atoms with Gasteiger partial charge in [-0.1, -0.05) is 43.7 Å². The molecule has 1 saturated heterocycles. The van der Waals surface area contributed by atoms with Gasteiger partial charge in [0.25, 0.3) is 5.91 Å². The third-order valence-electron chi connectivity index (χ3n) is 4.47. The minimum Gasteiger partial charge on any atom is -0.366 e. The van der Waals surface area contributed by atoms with E-state index < -0.39 is 6.10 Å². The first kappa shape index (κ1) is 18.1. The second-order valence-electron chi connectivity index (χ2n) is 6.37. The van der Waals surface area contributed by atoms with Crippen molar-refractivity contribution in [3.63, 3.8) is 0 Å². The Balaban J connectivity index is 1.74. The lowest BCUT2D eigenvalue weighted by molar-refractivity contribution is -0.134. The van der Waals surface area contributed by atoms with Gasteiger partial charge in [-0.2, -0.15) is 0 Å². The van der Waals surface area contributed by atoms with Gasteiger partial charge in [0.2, 0.25) is 0 Å². The number of carbonyl (C=O) groups excluding carboxylic acids is 1. The van der Waals surface area contributed by atoms with E-state index in [1.165, 1.54) is 18.4 Å². The number of hydrogen-bond donors (Lipinski definition) is 2. The predicted octanol–water partition coefficient (Wildman–Crippen LogP) is 3.28. The Bertz CT molecular complexity index is 649. The molecule has 1 aliphatic rings. The average molecular weight is 359 g/mol. The van der Waals surface area contributed by atoms with E-state index >= 15 is 0 Å². The van der Waals surface area contributed by atoms with Crippen LogP contribution in [0, 0.1) is 0 Å². The van der Waals surface area contributed by atoms with Crippen LogP contribution in [-0.4, -0.2) is 31.7 Å². The normalized spacial score (nSPS) is 18.7. The fraction of sp³-hybridized carbons (Fsp3) is 0.450. The Morgan fingerprint density at radius 3 is 2.84 bits per heavy atom. The molecule has 5 heteroatoms. The van der Waals surface area contributed by atoms with Crippen LogP contribution in [0.5, 0.6) is 0 Å². The highest BCUT2D eigenvalue weighted by atomic mass is 32.1. The van der Waals surface area contributed by atoms with Crippen LogP contribution < -0.4 is 10.6 Å². The zero-order chi connectivity index (χ0) is 17.5. The van der Waals surface area contributed by atoms with E-state index in [9.17, 15) is 4.79 Å². The van der Waals surface area contributed by atoms with Crippen LogP contribution in [0.15, 0.2) is 41.8 Å². The molecule has 1 amide bonds. The number of nitrogens with one attached hydrogen (secondary N) is 2. The van der Waals surface area contributed by atoms with Crippen molar-refractivity contribution in [2.45, 2.75) is 38.3 Å². The standard InChI is InChI=1S/C20H26N2O2S/c1-2-3-5-15-7-9-16(10-8-15)19(18-6-4-13-25-18)22-20(23)17-14-21-11-12-24-17/h4,6-10,13,17,19,21H,2-3,5,11-12,14H2,1H3,(H,22,23). The highest BCUT2D eigenvalue weighted by molar-refractivity contribution is 7.10. The third-order valence-corrected chi connectivity index (χ3v) is 5.40. The van der Waals surface area contributed by atoms with Gasteiger partial charge in [0.15, 0.2) is 0 Å².